The minimum Gasteiger partial charge on any atom is -0.384 e. The summed E-state index contributed by atoms with van der Waals surface area (Å²) in [4.78, 5) is 9.25. The van der Waals surface area contributed by atoms with E-state index in [1.54, 1.807) is 4.68 Å². The molecular formula is C14H19N5S2. The van der Waals surface area contributed by atoms with E-state index in [4.69, 9.17) is 10.7 Å². The Morgan fingerprint density at radius 2 is 2.14 bits per heavy atom. The van der Waals surface area contributed by atoms with E-state index in [0.717, 1.165) is 29.3 Å². The molecule has 2 atom stereocenters. The molecule has 2 aromatic heterocycles. The van der Waals surface area contributed by atoms with Crippen molar-refractivity contribution in [2.24, 2.45) is 7.05 Å². The van der Waals surface area contributed by atoms with Crippen LogP contribution in [0.15, 0.2) is 18.5 Å². The molecule has 0 spiro atoms. The number of nitrogens with zero attached hydrogens (tertiary/aromatic N) is 4. The van der Waals surface area contributed by atoms with E-state index in [0.29, 0.717) is 16.3 Å². The third-order valence-electron chi connectivity index (χ3n) is 3.47. The zero-order chi connectivity index (χ0) is 14.8. The van der Waals surface area contributed by atoms with Gasteiger partial charge in [0.1, 0.15) is 11.6 Å². The molecule has 0 aromatic carbocycles. The van der Waals surface area contributed by atoms with Gasteiger partial charge in [-0.25, -0.2) is 9.97 Å². The zero-order valence-electron chi connectivity index (χ0n) is 12.2. The van der Waals surface area contributed by atoms with Crippen LogP contribution in [0.25, 0.3) is 11.3 Å². The summed E-state index contributed by atoms with van der Waals surface area (Å²) in [5.74, 6) is 3.74. The predicted octanol–water partition coefficient (Wildman–Crippen LogP) is 2.76. The maximum Gasteiger partial charge on any atom is 0.145 e. The monoisotopic (exact) mass is 321 g/mol. The van der Waals surface area contributed by atoms with Gasteiger partial charge in [0.2, 0.25) is 0 Å². The lowest BCUT2D eigenvalue weighted by atomic mass is 10.2. The molecule has 0 bridgehead atoms. The first-order valence-electron chi connectivity index (χ1n) is 7.04. The van der Waals surface area contributed by atoms with E-state index >= 15 is 0 Å². The maximum absolute atomic E-state index is 6.00. The Kier molecular flexibility index (Phi) is 4.40. The van der Waals surface area contributed by atoms with Crippen LogP contribution in [0.2, 0.25) is 0 Å². The summed E-state index contributed by atoms with van der Waals surface area (Å²) < 4.78 is 1.77. The van der Waals surface area contributed by atoms with Crippen LogP contribution in [0.4, 0.5) is 5.82 Å². The number of nitrogens with two attached hydrogens (primary N) is 1. The third kappa shape index (κ3) is 3.18. The number of hydrogen-bond donors (Lipinski definition) is 1. The highest BCUT2D eigenvalue weighted by Gasteiger charge is 2.29. The molecule has 112 valence electrons. The Labute approximate surface area is 133 Å². The van der Waals surface area contributed by atoms with Gasteiger partial charge in [-0.15, -0.1) is 11.8 Å². The Balaban J connectivity index is 1.97. The molecule has 1 fully saturated rings. The van der Waals surface area contributed by atoms with E-state index < -0.39 is 0 Å². The first-order valence-corrected chi connectivity index (χ1v) is 9.14. The second-order valence-electron chi connectivity index (χ2n) is 5.05. The standard InChI is InChI=1S/C14H19N5S2/c1-3-11-13(21-5-4-20-11)14-17-10(6-12(15)18-14)9-7-16-19(2)8-9/h6-8,11,13H,3-5H2,1-2H3,(H2,15,17,18). The van der Waals surface area contributed by atoms with Gasteiger partial charge in [0.25, 0.3) is 0 Å². The lowest BCUT2D eigenvalue weighted by Gasteiger charge is -2.28. The summed E-state index contributed by atoms with van der Waals surface area (Å²) in [5, 5.41) is 5.09. The number of hydrogen-bond acceptors (Lipinski definition) is 6. The van der Waals surface area contributed by atoms with Crippen LogP contribution in [0.1, 0.15) is 24.4 Å². The predicted molar refractivity (Wildman–Crippen MR) is 90.4 cm³/mol. The number of aromatic nitrogens is 4. The molecule has 2 aromatic rings. The van der Waals surface area contributed by atoms with Crippen LogP contribution in [0, 0.1) is 0 Å². The molecule has 1 aliphatic rings. The topological polar surface area (TPSA) is 69.6 Å². The number of anilines is 1. The fourth-order valence-electron chi connectivity index (χ4n) is 2.46. The molecule has 2 unspecified atom stereocenters. The zero-order valence-corrected chi connectivity index (χ0v) is 13.8. The average Bonchev–Trinajstić information content (AvgIpc) is 2.93. The van der Waals surface area contributed by atoms with Crippen molar-refractivity contribution in [1.29, 1.82) is 0 Å². The van der Waals surface area contributed by atoms with Crippen molar-refractivity contribution < 1.29 is 0 Å². The van der Waals surface area contributed by atoms with E-state index in [1.807, 2.05) is 49.0 Å². The minimum atomic E-state index is 0.327. The quantitative estimate of drug-likeness (QED) is 0.937. The molecule has 0 saturated carbocycles. The van der Waals surface area contributed by atoms with Crippen molar-refractivity contribution >= 4 is 29.3 Å². The third-order valence-corrected chi connectivity index (χ3v) is 6.71. The van der Waals surface area contributed by atoms with Crippen LogP contribution in [0.3, 0.4) is 0 Å². The Morgan fingerprint density at radius 3 is 2.86 bits per heavy atom. The van der Waals surface area contributed by atoms with Crippen LogP contribution >= 0.6 is 23.5 Å². The summed E-state index contributed by atoms with van der Waals surface area (Å²) in [6.07, 6.45) is 4.89. The largest absolute Gasteiger partial charge is 0.384 e. The first-order chi connectivity index (χ1) is 10.2. The number of aryl methyl sites for hydroxylation is 1. The van der Waals surface area contributed by atoms with Crippen LogP contribution < -0.4 is 5.73 Å². The average molecular weight is 321 g/mol. The van der Waals surface area contributed by atoms with E-state index in [2.05, 4.69) is 17.0 Å². The second kappa shape index (κ2) is 6.27. The second-order valence-corrected chi connectivity index (χ2v) is 7.64. The Hall–Kier alpha value is -1.21. The van der Waals surface area contributed by atoms with Crippen molar-refractivity contribution in [3.8, 4) is 11.3 Å². The van der Waals surface area contributed by atoms with Gasteiger partial charge in [0.15, 0.2) is 0 Å². The Bertz CT molecular complexity index is 628. The molecule has 0 radical (unpaired) electrons. The van der Waals surface area contributed by atoms with Gasteiger partial charge < -0.3 is 5.73 Å². The van der Waals surface area contributed by atoms with E-state index in [1.165, 1.54) is 5.75 Å². The molecule has 1 saturated heterocycles. The van der Waals surface area contributed by atoms with Crippen molar-refractivity contribution in [2.45, 2.75) is 23.8 Å². The molecule has 3 rings (SSSR count). The molecule has 3 heterocycles. The summed E-state index contributed by atoms with van der Waals surface area (Å²) in [6, 6.07) is 1.82. The molecular weight excluding hydrogens is 302 g/mol. The Morgan fingerprint density at radius 1 is 1.33 bits per heavy atom. The SMILES string of the molecule is CCC1SCCSC1c1nc(N)cc(-c2cnn(C)c2)n1. The summed E-state index contributed by atoms with van der Waals surface area (Å²) in [6.45, 7) is 2.23. The van der Waals surface area contributed by atoms with Crippen LogP contribution in [-0.4, -0.2) is 36.5 Å². The first kappa shape index (κ1) is 14.7. The van der Waals surface area contributed by atoms with Crippen molar-refractivity contribution in [3.63, 3.8) is 0 Å². The molecule has 0 aliphatic carbocycles. The number of rotatable bonds is 3. The fourth-order valence-corrected chi connectivity index (χ4v) is 5.45. The van der Waals surface area contributed by atoms with Crippen molar-refractivity contribution in [1.82, 2.24) is 19.7 Å². The van der Waals surface area contributed by atoms with Gasteiger partial charge in [-0.05, 0) is 6.42 Å². The van der Waals surface area contributed by atoms with E-state index in [9.17, 15) is 0 Å². The number of thioether (sulfide) groups is 2. The van der Waals surface area contributed by atoms with Gasteiger partial charge in [-0.2, -0.15) is 16.9 Å². The van der Waals surface area contributed by atoms with E-state index in [-0.39, 0.29) is 0 Å². The highest BCUT2D eigenvalue weighted by atomic mass is 32.2. The minimum absolute atomic E-state index is 0.327. The molecule has 0 amide bonds. The van der Waals surface area contributed by atoms with Crippen LogP contribution in [-0.2, 0) is 7.05 Å². The summed E-state index contributed by atoms with van der Waals surface area (Å²) >= 11 is 3.96. The highest BCUT2D eigenvalue weighted by molar-refractivity contribution is 8.06. The molecule has 5 nitrogen and oxygen atoms in total. The smallest absolute Gasteiger partial charge is 0.145 e. The summed E-state index contributed by atoms with van der Waals surface area (Å²) in [7, 11) is 1.90. The normalized spacial score (nSPS) is 22.4. The number of nitrogen functional groups attached to an aromatic ring is 1. The molecule has 2 N–H and O–H groups in total. The van der Waals surface area contributed by atoms with Crippen molar-refractivity contribution in [3.05, 3.63) is 24.3 Å². The van der Waals surface area contributed by atoms with Gasteiger partial charge in [0, 0.05) is 41.6 Å². The fraction of sp³-hybridized carbons (Fsp3) is 0.500. The highest BCUT2D eigenvalue weighted by Crippen LogP contribution is 2.43. The lowest BCUT2D eigenvalue weighted by molar-refractivity contribution is 0.752. The van der Waals surface area contributed by atoms with Crippen LogP contribution in [0.5, 0.6) is 0 Å². The van der Waals surface area contributed by atoms with Gasteiger partial charge in [-0.1, -0.05) is 6.92 Å². The molecule has 1 aliphatic heterocycles. The lowest BCUT2D eigenvalue weighted by Crippen LogP contribution is -2.21. The maximum atomic E-state index is 6.00. The molecule has 7 heteroatoms. The van der Waals surface area contributed by atoms with Gasteiger partial charge >= 0.3 is 0 Å². The van der Waals surface area contributed by atoms with Crippen molar-refractivity contribution in [2.75, 3.05) is 17.2 Å². The molecule has 21 heavy (non-hydrogen) atoms. The van der Waals surface area contributed by atoms with Gasteiger partial charge in [0.05, 0.1) is 17.1 Å². The van der Waals surface area contributed by atoms with Gasteiger partial charge in [-0.3, -0.25) is 4.68 Å². The summed E-state index contributed by atoms with van der Waals surface area (Å²) in [5.41, 5.74) is 7.84.